The molecule has 3 amide bonds. The number of amides is 3. The molecule has 2 aliphatic rings. The smallest absolute Gasteiger partial charge is 0.318 e. The summed E-state index contributed by atoms with van der Waals surface area (Å²) >= 11 is 6.17. The van der Waals surface area contributed by atoms with Gasteiger partial charge in [-0.3, -0.25) is 4.79 Å². The monoisotopic (exact) mass is 407 g/mol. The summed E-state index contributed by atoms with van der Waals surface area (Å²) in [5, 5.41) is 15.3. The minimum atomic E-state index is -0.341. The van der Waals surface area contributed by atoms with Gasteiger partial charge >= 0.3 is 6.03 Å². The Morgan fingerprint density at radius 1 is 1.11 bits per heavy atom. The molecule has 3 N–H and O–H groups in total. The number of rotatable bonds is 6. The van der Waals surface area contributed by atoms with E-state index in [1.165, 1.54) is 0 Å². The maximum atomic E-state index is 13.0. The van der Waals surface area contributed by atoms with Gasteiger partial charge in [0, 0.05) is 29.6 Å². The van der Waals surface area contributed by atoms with Crippen LogP contribution in [0.3, 0.4) is 0 Å². The molecule has 7 heteroatoms. The zero-order chi connectivity index (χ0) is 20.3. The van der Waals surface area contributed by atoms with E-state index in [1.54, 1.807) is 0 Å². The highest BCUT2D eigenvalue weighted by Gasteiger charge is 2.40. The summed E-state index contributed by atoms with van der Waals surface area (Å²) in [5.41, 5.74) is 3.13. The van der Waals surface area contributed by atoms with E-state index >= 15 is 0 Å². The maximum absolute atomic E-state index is 13.0. The second-order valence-corrected chi connectivity index (χ2v) is 8.45. The highest BCUT2D eigenvalue weighted by atomic mass is 35.5. The normalized spacial score (nSPS) is 21.9. The molecule has 2 fully saturated rings. The molecule has 6 nitrogen and oxygen atoms in total. The molecule has 2 atom stereocenters. The molecule has 1 aromatic carbocycles. The van der Waals surface area contributed by atoms with Crippen molar-refractivity contribution in [2.45, 2.75) is 71.0 Å². The Morgan fingerprint density at radius 2 is 1.86 bits per heavy atom. The minimum absolute atomic E-state index is 0.0530. The van der Waals surface area contributed by atoms with Crippen molar-refractivity contribution in [1.29, 1.82) is 0 Å². The first-order valence-electron chi connectivity index (χ1n) is 10.1. The molecule has 0 radical (unpaired) electrons. The van der Waals surface area contributed by atoms with Gasteiger partial charge in [-0.05, 0) is 68.7 Å². The number of aliphatic hydroxyl groups is 1. The van der Waals surface area contributed by atoms with Crippen LogP contribution in [-0.2, 0) is 11.3 Å². The minimum Gasteiger partial charge on any atom is -0.377 e. The average Bonchev–Trinajstić information content (AvgIpc) is 3.49. The van der Waals surface area contributed by atoms with E-state index < -0.39 is 0 Å². The molecule has 1 unspecified atom stereocenters. The molecule has 1 aromatic rings. The molecule has 0 aromatic heterocycles. The van der Waals surface area contributed by atoms with Gasteiger partial charge in [0.2, 0.25) is 5.91 Å². The zero-order valence-corrected chi connectivity index (χ0v) is 17.4. The van der Waals surface area contributed by atoms with Gasteiger partial charge in [-0.25, -0.2) is 4.79 Å². The van der Waals surface area contributed by atoms with Crippen molar-refractivity contribution in [3.8, 4) is 0 Å². The number of aliphatic hydroxyl groups excluding tert-OH is 1. The van der Waals surface area contributed by atoms with Crippen LogP contribution in [0.4, 0.5) is 4.79 Å². The van der Waals surface area contributed by atoms with Crippen molar-refractivity contribution in [1.82, 2.24) is 15.5 Å². The Morgan fingerprint density at radius 3 is 2.54 bits per heavy atom. The maximum Gasteiger partial charge on any atom is 0.318 e. The Hall–Kier alpha value is -1.79. The number of nitrogens with zero attached hydrogens (tertiary/aromatic N) is 1. The molecule has 0 heterocycles. The number of aryl methyl sites for hydroxylation is 2. The average molecular weight is 408 g/mol. The third-order valence-corrected chi connectivity index (χ3v) is 6.29. The van der Waals surface area contributed by atoms with Crippen LogP contribution in [0, 0.1) is 19.8 Å². The number of carbonyl (C=O) groups excluding carboxylic acids is 2. The van der Waals surface area contributed by atoms with Gasteiger partial charge in [0.15, 0.2) is 0 Å². The van der Waals surface area contributed by atoms with Crippen molar-refractivity contribution in [3.63, 3.8) is 0 Å². The van der Waals surface area contributed by atoms with E-state index in [-0.39, 0.29) is 36.7 Å². The molecule has 3 rings (SSSR count). The third kappa shape index (κ3) is 4.97. The second kappa shape index (κ2) is 9.14. The number of nitrogens with one attached hydrogen (secondary N) is 2. The Labute approximate surface area is 171 Å². The summed E-state index contributed by atoms with van der Waals surface area (Å²) in [6.07, 6.45) is 5.36. The molecule has 0 aliphatic heterocycles. The number of hydrogen-bond donors (Lipinski definition) is 3. The second-order valence-electron chi connectivity index (χ2n) is 8.04. The van der Waals surface area contributed by atoms with Crippen molar-refractivity contribution >= 4 is 23.5 Å². The van der Waals surface area contributed by atoms with Crippen LogP contribution < -0.4 is 10.6 Å². The lowest BCUT2D eigenvalue weighted by Gasteiger charge is -2.37. The van der Waals surface area contributed by atoms with Crippen molar-refractivity contribution in [2.24, 2.45) is 5.92 Å². The molecule has 154 valence electrons. The first kappa shape index (κ1) is 20.9. The molecule has 0 saturated heterocycles. The van der Waals surface area contributed by atoms with E-state index in [2.05, 4.69) is 10.6 Å². The van der Waals surface area contributed by atoms with Crippen molar-refractivity contribution in [2.75, 3.05) is 6.73 Å². The molecular formula is C21H30ClN3O3. The highest BCUT2D eigenvalue weighted by molar-refractivity contribution is 6.31. The van der Waals surface area contributed by atoms with E-state index in [0.29, 0.717) is 13.0 Å². The van der Waals surface area contributed by atoms with E-state index in [1.807, 2.05) is 30.9 Å². The standard InChI is InChI=1S/C21H30ClN3O3/c1-13-9-19(22)14(2)8-16(13)11-23-21(28)25(17-6-7-17)18-5-3-4-15(10-18)20(27)24-12-26/h8-9,15,17-18,26H,3-7,10-12H2,1-2H3,(H,23,28)(H,24,27)/t15?,18-/m1/s1. The SMILES string of the molecule is Cc1cc(CNC(=O)N(C2CC2)[C@@H]2CCCC(C(=O)NCO)C2)c(C)cc1Cl. The molecule has 28 heavy (non-hydrogen) atoms. The topological polar surface area (TPSA) is 81.7 Å². The van der Waals surface area contributed by atoms with E-state index in [4.69, 9.17) is 16.7 Å². The summed E-state index contributed by atoms with van der Waals surface area (Å²) in [7, 11) is 0. The van der Waals surface area contributed by atoms with Gasteiger partial charge in [-0.15, -0.1) is 0 Å². The number of hydrogen-bond acceptors (Lipinski definition) is 3. The van der Waals surface area contributed by atoms with Crippen LogP contribution in [0.15, 0.2) is 12.1 Å². The largest absolute Gasteiger partial charge is 0.377 e. The zero-order valence-electron chi connectivity index (χ0n) is 16.6. The Kier molecular flexibility index (Phi) is 6.83. The number of carbonyl (C=O) groups is 2. The molecule has 0 spiro atoms. The Balaban J connectivity index is 1.64. The number of halogens is 1. The summed E-state index contributed by atoms with van der Waals surface area (Å²) in [6, 6.07) is 4.25. The van der Waals surface area contributed by atoms with Gasteiger partial charge in [0.25, 0.3) is 0 Å². The molecule has 2 saturated carbocycles. The molecular weight excluding hydrogens is 378 g/mol. The summed E-state index contributed by atoms with van der Waals surface area (Å²) in [5.74, 6) is -0.253. The summed E-state index contributed by atoms with van der Waals surface area (Å²) in [4.78, 5) is 27.1. The molecule has 2 aliphatic carbocycles. The summed E-state index contributed by atoms with van der Waals surface area (Å²) < 4.78 is 0. The first-order chi connectivity index (χ1) is 13.4. The lowest BCUT2D eigenvalue weighted by atomic mass is 9.84. The fraction of sp³-hybridized carbons (Fsp3) is 0.619. The van der Waals surface area contributed by atoms with E-state index in [9.17, 15) is 9.59 Å². The van der Waals surface area contributed by atoms with Crippen LogP contribution in [-0.4, -0.2) is 40.8 Å². The summed E-state index contributed by atoms with van der Waals surface area (Å²) in [6.45, 7) is 4.08. The lowest BCUT2D eigenvalue weighted by Crippen LogP contribution is -2.50. The predicted molar refractivity (Wildman–Crippen MR) is 109 cm³/mol. The fourth-order valence-electron chi connectivity index (χ4n) is 4.15. The van der Waals surface area contributed by atoms with Gasteiger partial charge in [0.1, 0.15) is 6.73 Å². The van der Waals surface area contributed by atoms with Gasteiger partial charge in [-0.2, -0.15) is 0 Å². The first-order valence-corrected chi connectivity index (χ1v) is 10.5. The van der Waals surface area contributed by atoms with Crippen LogP contribution >= 0.6 is 11.6 Å². The van der Waals surface area contributed by atoms with Crippen LogP contribution in [0.25, 0.3) is 0 Å². The van der Waals surface area contributed by atoms with Crippen LogP contribution in [0.1, 0.15) is 55.2 Å². The molecule has 0 bridgehead atoms. The van der Waals surface area contributed by atoms with Gasteiger partial charge in [0.05, 0.1) is 0 Å². The fourth-order valence-corrected chi connectivity index (χ4v) is 4.37. The van der Waals surface area contributed by atoms with Crippen molar-refractivity contribution in [3.05, 3.63) is 33.8 Å². The number of benzene rings is 1. The third-order valence-electron chi connectivity index (χ3n) is 5.89. The Bertz CT molecular complexity index is 736. The van der Waals surface area contributed by atoms with Crippen molar-refractivity contribution < 1.29 is 14.7 Å². The van der Waals surface area contributed by atoms with Crippen LogP contribution in [0.2, 0.25) is 5.02 Å². The van der Waals surface area contributed by atoms with E-state index in [0.717, 1.165) is 53.8 Å². The quantitative estimate of drug-likeness (QED) is 0.633. The highest BCUT2D eigenvalue weighted by Crippen LogP contribution is 2.35. The van der Waals surface area contributed by atoms with Gasteiger partial charge < -0.3 is 20.6 Å². The lowest BCUT2D eigenvalue weighted by molar-refractivity contribution is -0.127. The van der Waals surface area contributed by atoms with Gasteiger partial charge in [-0.1, -0.05) is 24.1 Å². The van der Waals surface area contributed by atoms with Crippen LogP contribution in [0.5, 0.6) is 0 Å². The number of urea groups is 1. The predicted octanol–water partition coefficient (Wildman–Crippen LogP) is 3.26.